The predicted molar refractivity (Wildman–Crippen MR) is 107 cm³/mol. The zero-order chi connectivity index (χ0) is 20.1. The zero-order valence-corrected chi connectivity index (χ0v) is 15.5. The summed E-state index contributed by atoms with van der Waals surface area (Å²) in [6.45, 7) is 0. The standard InChI is InChI=1S/C21H17N5O3/c1-28-17-6-2-15(3-7-17)21(27)25-16-4-8-18(9-5-16)29-20-12-19(23-13-24-20)26-11-10-22-14-26/h2-14H,1H3,(H,25,27). The third-order valence-electron chi connectivity index (χ3n) is 4.08. The number of anilines is 1. The third kappa shape index (κ3) is 4.38. The Kier molecular flexibility index (Phi) is 5.15. The van der Waals surface area contributed by atoms with Crippen LogP contribution in [-0.4, -0.2) is 32.5 Å². The van der Waals surface area contributed by atoms with Gasteiger partial charge in [-0.2, -0.15) is 0 Å². The van der Waals surface area contributed by atoms with Gasteiger partial charge in [-0.05, 0) is 48.5 Å². The molecule has 0 aliphatic carbocycles. The molecule has 2 aromatic carbocycles. The van der Waals surface area contributed by atoms with Crippen LogP contribution >= 0.6 is 0 Å². The molecule has 0 radical (unpaired) electrons. The first-order valence-electron chi connectivity index (χ1n) is 8.75. The molecule has 2 heterocycles. The number of rotatable bonds is 6. The highest BCUT2D eigenvalue weighted by molar-refractivity contribution is 6.04. The molecule has 0 spiro atoms. The van der Waals surface area contributed by atoms with Crippen LogP contribution in [-0.2, 0) is 0 Å². The van der Waals surface area contributed by atoms with Crippen LogP contribution in [0.1, 0.15) is 10.4 Å². The SMILES string of the molecule is COc1ccc(C(=O)Nc2ccc(Oc3cc(-n4ccnc4)ncn3)cc2)cc1. The number of imidazole rings is 1. The number of carbonyl (C=O) groups excluding carboxylic acids is 1. The largest absolute Gasteiger partial charge is 0.497 e. The van der Waals surface area contributed by atoms with Gasteiger partial charge in [-0.25, -0.2) is 15.0 Å². The van der Waals surface area contributed by atoms with Crippen LogP contribution in [0.15, 0.2) is 79.6 Å². The van der Waals surface area contributed by atoms with Crippen molar-refractivity contribution in [3.8, 4) is 23.2 Å². The molecular formula is C21H17N5O3. The van der Waals surface area contributed by atoms with E-state index in [1.165, 1.54) is 6.33 Å². The maximum absolute atomic E-state index is 12.3. The van der Waals surface area contributed by atoms with Crippen molar-refractivity contribution in [1.29, 1.82) is 0 Å². The van der Waals surface area contributed by atoms with Gasteiger partial charge >= 0.3 is 0 Å². The fraction of sp³-hybridized carbons (Fsp3) is 0.0476. The van der Waals surface area contributed by atoms with E-state index >= 15 is 0 Å². The number of carbonyl (C=O) groups is 1. The molecule has 0 atom stereocenters. The Morgan fingerprint density at radius 2 is 1.76 bits per heavy atom. The average Bonchev–Trinajstić information content (AvgIpc) is 3.30. The average molecular weight is 387 g/mol. The number of aromatic nitrogens is 4. The number of benzene rings is 2. The number of ether oxygens (including phenoxy) is 2. The lowest BCUT2D eigenvalue weighted by molar-refractivity contribution is 0.102. The number of methoxy groups -OCH3 is 1. The van der Waals surface area contributed by atoms with Gasteiger partial charge in [-0.1, -0.05) is 0 Å². The lowest BCUT2D eigenvalue weighted by Gasteiger charge is -2.09. The fourth-order valence-electron chi connectivity index (χ4n) is 2.59. The van der Waals surface area contributed by atoms with Crippen molar-refractivity contribution in [3.05, 3.63) is 85.2 Å². The van der Waals surface area contributed by atoms with Gasteiger partial charge in [0, 0.05) is 29.7 Å². The Labute approximate surface area is 166 Å². The molecule has 0 saturated heterocycles. The molecule has 8 heteroatoms. The third-order valence-corrected chi connectivity index (χ3v) is 4.08. The quantitative estimate of drug-likeness (QED) is 0.542. The highest BCUT2D eigenvalue weighted by Crippen LogP contribution is 2.23. The summed E-state index contributed by atoms with van der Waals surface area (Å²) >= 11 is 0. The van der Waals surface area contributed by atoms with Gasteiger partial charge in [-0.15, -0.1) is 0 Å². The van der Waals surface area contributed by atoms with Crippen LogP contribution in [0.3, 0.4) is 0 Å². The van der Waals surface area contributed by atoms with Crippen molar-refractivity contribution in [1.82, 2.24) is 19.5 Å². The number of hydrogen-bond donors (Lipinski definition) is 1. The number of amides is 1. The first-order chi connectivity index (χ1) is 14.2. The molecule has 0 saturated carbocycles. The number of nitrogens with one attached hydrogen (secondary N) is 1. The fourth-order valence-corrected chi connectivity index (χ4v) is 2.59. The molecule has 0 aliphatic rings. The lowest BCUT2D eigenvalue weighted by Crippen LogP contribution is -2.11. The van der Waals surface area contributed by atoms with Crippen molar-refractivity contribution >= 4 is 11.6 Å². The van der Waals surface area contributed by atoms with E-state index in [0.29, 0.717) is 34.4 Å². The van der Waals surface area contributed by atoms with E-state index in [-0.39, 0.29) is 5.91 Å². The van der Waals surface area contributed by atoms with Gasteiger partial charge in [0.15, 0.2) is 0 Å². The van der Waals surface area contributed by atoms with E-state index in [1.807, 2.05) is 0 Å². The summed E-state index contributed by atoms with van der Waals surface area (Å²) < 4.78 is 12.6. The number of nitrogens with zero attached hydrogens (tertiary/aromatic N) is 4. The van der Waals surface area contributed by atoms with E-state index in [1.54, 1.807) is 85.0 Å². The smallest absolute Gasteiger partial charge is 0.255 e. The molecule has 0 bridgehead atoms. The topological polar surface area (TPSA) is 91.2 Å². The van der Waals surface area contributed by atoms with E-state index in [2.05, 4.69) is 20.3 Å². The van der Waals surface area contributed by atoms with Crippen molar-refractivity contribution in [3.63, 3.8) is 0 Å². The maximum atomic E-state index is 12.3. The van der Waals surface area contributed by atoms with E-state index in [4.69, 9.17) is 9.47 Å². The van der Waals surface area contributed by atoms with Gasteiger partial charge in [-0.3, -0.25) is 9.36 Å². The summed E-state index contributed by atoms with van der Waals surface area (Å²) in [5, 5.41) is 2.84. The van der Waals surface area contributed by atoms with Crippen molar-refractivity contribution in [2.24, 2.45) is 0 Å². The van der Waals surface area contributed by atoms with Crippen LogP contribution in [0.2, 0.25) is 0 Å². The Hall–Kier alpha value is -4.20. The van der Waals surface area contributed by atoms with Crippen molar-refractivity contribution in [2.75, 3.05) is 12.4 Å². The second-order valence-electron chi connectivity index (χ2n) is 5.99. The van der Waals surface area contributed by atoms with Gasteiger partial charge in [0.2, 0.25) is 5.88 Å². The second-order valence-corrected chi connectivity index (χ2v) is 5.99. The summed E-state index contributed by atoms with van der Waals surface area (Å²) in [4.78, 5) is 24.6. The lowest BCUT2D eigenvalue weighted by atomic mass is 10.2. The van der Waals surface area contributed by atoms with Crippen molar-refractivity contribution in [2.45, 2.75) is 0 Å². The molecule has 144 valence electrons. The monoisotopic (exact) mass is 387 g/mol. The summed E-state index contributed by atoms with van der Waals surface area (Å²) in [7, 11) is 1.58. The van der Waals surface area contributed by atoms with Crippen molar-refractivity contribution < 1.29 is 14.3 Å². The molecule has 4 rings (SSSR count). The molecule has 0 unspecified atom stereocenters. The van der Waals surface area contributed by atoms with Crippen LogP contribution in [0.25, 0.3) is 5.82 Å². The molecule has 0 fully saturated rings. The van der Waals surface area contributed by atoms with Crippen LogP contribution in [0, 0.1) is 0 Å². The minimum absolute atomic E-state index is 0.206. The Morgan fingerprint density at radius 3 is 2.45 bits per heavy atom. The predicted octanol–water partition coefficient (Wildman–Crippen LogP) is 3.72. The normalized spacial score (nSPS) is 10.4. The molecule has 29 heavy (non-hydrogen) atoms. The molecule has 2 aromatic heterocycles. The molecule has 0 aliphatic heterocycles. The van der Waals surface area contributed by atoms with E-state index < -0.39 is 0 Å². The van der Waals surface area contributed by atoms with Crippen LogP contribution in [0.5, 0.6) is 17.4 Å². The molecule has 8 nitrogen and oxygen atoms in total. The summed E-state index contributed by atoms with van der Waals surface area (Å²) in [6.07, 6.45) is 6.52. The highest BCUT2D eigenvalue weighted by atomic mass is 16.5. The van der Waals surface area contributed by atoms with E-state index in [9.17, 15) is 4.79 Å². The Bertz CT molecular complexity index is 1090. The molecular weight excluding hydrogens is 370 g/mol. The Balaban J connectivity index is 1.41. The van der Waals surface area contributed by atoms with Gasteiger partial charge in [0.1, 0.15) is 30.0 Å². The zero-order valence-electron chi connectivity index (χ0n) is 15.5. The Morgan fingerprint density at radius 1 is 1.00 bits per heavy atom. The van der Waals surface area contributed by atoms with Crippen LogP contribution in [0.4, 0.5) is 5.69 Å². The maximum Gasteiger partial charge on any atom is 0.255 e. The molecule has 4 aromatic rings. The second kappa shape index (κ2) is 8.22. The summed E-state index contributed by atoms with van der Waals surface area (Å²) in [5.41, 5.74) is 1.19. The number of hydrogen-bond acceptors (Lipinski definition) is 6. The first-order valence-corrected chi connectivity index (χ1v) is 8.75. The molecule has 1 N–H and O–H groups in total. The molecule has 1 amide bonds. The minimum Gasteiger partial charge on any atom is -0.497 e. The van der Waals surface area contributed by atoms with Gasteiger partial charge in [0.25, 0.3) is 5.91 Å². The van der Waals surface area contributed by atoms with E-state index in [0.717, 1.165) is 0 Å². The summed E-state index contributed by atoms with van der Waals surface area (Å²) in [5.74, 6) is 2.13. The van der Waals surface area contributed by atoms with Gasteiger partial charge in [0.05, 0.1) is 7.11 Å². The van der Waals surface area contributed by atoms with Gasteiger partial charge < -0.3 is 14.8 Å². The highest BCUT2D eigenvalue weighted by Gasteiger charge is 2.07. The first kappa shape index (κ1) is 18.2. The summed E-state index contributed by atoms with van der Waals surface area (Å²) in [6, 6.07) is 15.6. The minimum atomic E-state index is -0.206. The van der Waals surface area contributed by atoms with Crippen LogP contribution < -0.4 is 14.8 Å².